The third kappa shape index (κ3) is 3.39. The molecule has 0 aromatic carbocycles. The lowest BCUT2D eigenvalue weighted by molar-refractivity contribution is 0.472. The van der Waals surface area contributed by atoms with Crippen molar-refractivity contribution in [1.29, 1.82) is 0 Å². The lowest BCUT2D eigenvalue weighted by Gasteiger charge is -2.16. The molecule has 2 aromatic rings. The quantitative estimate of drug-likeness (QED) is 0.830. The van der Waals surface area contributed by atoms with Crippen molar-refractivity contribution in [2.24, 2.45) is 0 Å². The molecule has 7 heteroatoms. The van der Waals surface area contributed by atoms with Crippen molar-refractivity contribution in [3.8, 4) is 0 Å². The molecule has 0 radical (unpaired) electrons. The highest BCUT2D eigenvalue weighted by atomic mass is 35.5. The third-order valence-electron chi connectivity index (χ3n) is 3.03. The van der Waals surface area contributed by atoms with Gasteiger partial charge in [-0.3, -0.25) is 4.98 Å². The van der Waals surface area contributed by atoms with Crippen molar-refractivity contribution in [1.82, 2.24) is 14.3 Å². The first-order valence-corrected chi connectivity index (χ1v) is 8.10. The number of aromatic amines is 1. The Labute approximate surface area is 123 Å². The van der Waals surface area contributed by atoms with Crippen LogP contribution in [0, 0.1) is 0 Å². The number of likely N-dealkylation sites (N-methyl/N-ethyl adjacent to an activating group) is 1. The average Bonchev–Trinajstić information content (AvgIpc) is 2.95. The lowest BCUT2D eigenvalue weighted by Crippen LogP contribution is -2.28. The number of halogens is 1. The molecule has 0 aliphatic carbocycles. The maximum absolute atomic E-state index is 12.3. The summed E-state index contributed by atoms with van der Waals surface area (Å²) < 4.78 is 26.0. The second-order valence-electron chi connectivity index (χ2n) is 4.43. The molecular weight excluding hydrogens is 298 g/mol. The largest absolute Gasteiger partial charge is 0.363 e. The summed E-state index contributed by atoms with van der Waals surface area (Å²) in [6.07, 6.45) is 5.51. The van der Waals surface area contributed by atoms with Crippen molar-refractivity contribution in [2.45, 2.75) is 17.2 Å². The smallest absolute Gasteiger partial charge is 0.244 e. The number of alkyl halides is 1. The minimum Gasteiger partial charge on any atom is -0.363 e. The Bertz CT molecular complexity index is 655. The van der Waals surface area contributed by atoms with Crippen LogP contribution < -0.4 is 0 Å². The zero-order valence-corrected chi connectivity index (χ0v) is 12.7. The summed E-state index contributed by atoms with van der Waals surface area (Å²) in [4.78, 5) is 7.02. The predicted octanol–water partition coefficient (Wildman–Crippen LogP) is 2.01. The van der Waals surface area contributed by atoms with Gasteiger partial charge >= 0.3 is 0 Å². The van der Waals surface area contributed by atoms with E-state index in [4.69, 9.17) is 11.6 Å². The number of H-pyrrole nitrogens is 1. The van der Waals surface area contributed by atoms with Gasteiger partial charge in [-0.1, -0.05) is 0 Å². The van der Waals surface area contributed by atoms with Gasteiger partial charge in [0.25, 0.3) is 0 Å². The number of nitrogens with zero attached hydrogens (tertiary/aromatic N) is 2. The van der Waals surface area contributed by atoms with Crippen molar-refractivity contribution in [2.75, 3.05) is 13.6 Å². The van der Waals surface area contributed by atoms with E-state index in [9.17, 15) is 8.42 Å². The van der Waals surface area contributed by atoms with Gasteiger partial charge in [0.1, 0.15) is 0 Å². The second-order valence-corrected chi connectivity index (χ2v) is 6.74. The first-order chi connectivity index (χ1) is 9.54. The molecule has 2 rings (SSSR count). The van der Waals surface area contributed by atoms with Crippen molar-refractivity contribution in [3.63, 3.8) is 0 Å². The molecule has 0 amide bonds. The fraction of sp³-hybridized carbons (Fsp3) is 0.308. The Kier molecular flexibility index (Phi) is 4.80. The van der Waals surface area contributed by atoms with Gasteiger partial charge in [-0.2, -0.15) is 0 Å². The van der Waals surface area contributed by atoms with E-state index in [0.717, 1.165) is 5.56 Å². The maximum atomic E-state index is 12.3. The van der Waals surface area contributed by atoms with E-state index >= 15 is 0 Å². The van der Waals surface area contributed by atoms with Gasteiger partial charge in [-0.15, -0.1) is 11.6 Å². The number of pyridine rings is 1. The Morgan fingerprint density at radius 3 is 2.65 bits per heavy atom. The fourth-order valence-corrected chi connectivity index (χ4v) is 3.13. The normalized spacial score (nSPS) is 11.9. The van der Waals surface area contributed by atoms with Gasteiger partial charge in [0.2, 0.25) is 10.0 Å². The van der Waals surface area contributed by atoms with E-state index in [1.54, 1.807) is 25.5 Å². The summed E-state index contributed by atoms with van der Waals surface area (Å²) in [5, 5.41) is 0. The molecule has 2 aromatic heterocycles. The zero-order chi connectivity index (χ0) is 14.6. The molecule has 0 saturated carbocycles. The van der Waals surface area contributed by atoms with Crippen LogP contribution in [0.25, 0.3) is 0 Å². The molecule has 0 saturated heterocycles. The van der Waals surface area contributed by atoms with E-state index in [2.05, 4.69) is 9.97 Å². The van der Waals surface area contributed by atoms with Gasteiger partial charge < -0.3 is 4.98 Å². The number of hydrogen-bond donors (Lipinski definition) is 1. The van der Waals surface area contributed by atoms with Crippen LogP contribution in [0.4, 0.5) is 0 Å². The highest BCUT2D eigenvalue weighted by Crippen LogP contribution is 2.16. The topological polar surface area (TPSA) is 66.1 Å². The zero-order valence-electron chi connectivity index (χ0n) is 11.1. The molecule has 0 bridgehead atoms. The van der Waals surface area contributed by atoms with Crippen LogP contribution in [0.15, 0.2) is 41.7 Å². The third-order valence-corrected chi connectivity index (χ3v) is 5.16. The molecule has 5 nitrogen and oxygen atoms in total. The van der Waals surface area contributed by atoms with Crippen LogP contribution >= 0.6 is 11.6 Å². The Morgan fingerprint density at radius 1 is 1.35 bits per heavy atom. The van der Waals surface area contributed by atoms with Crippen LogP contribution in [0.2, 0.25) is 0 Å². The van der Waals surface area contributed by atoms with Crippen LogP contribution in [0.1, 0.15) is 11.3 Å². The molecule has 1 N–H and O–H groups in total. The summed E-state index contributed by atoms with van der Waals surface area (Å²) >= 11 is 5.67. The van der Waals surface area contributed by atoms with Crippen molar-refractivity contribution >= 4 is 21.6 Å². The Morgan fingerprint density at radius 2 is 2.05 bits per heavy atom. The Balaban J connectivity index is 2.05. The number of rotatable bonds is 6. The number of aromatic nitrogens is 2. The molecule has 108 valence electrons. The van der Waals surface area contributed by atoms with Crippen molar-refractivity contribution < 1.29 is 8.42 Å². The molecule has 0 atom stereocenters. The van der Waals surface area contributed by atoms with E-state index < -0.39 is 10.0 Å². The lowest BCUT2D eigenvalue weighted by atomic mass is 10.2. The summed E-state index contributed by atoms with van der Waals surface area (Å²) in [6, 6.07) is 5.32. The minimum absolute atomic E-state index is 0.241. The number of nitrogens with one attached hydrogen (secondary N) is 1. The maximum Gasteiger partial charge on any atom is 0.244 e. The molecule has 2 heterocycles. The molecule has 0 fully saturated rings. The van der Waals surface area contributed by atoms with Gasteiger partial charge in [0, 0.05) is 37.9 Å². The number of sulfonamides is 1. The van der Waals surface area contributed by atoms with Gasteiger partial charge in [-0.05, 0) is 30.2 Å². The van der Waals surface area contributed by atoms with Crippen LogP contribution in [-0.4, -0.2) is 36.3 Å². The van der Waals surface area contributed by atoms with Gasteiger partial charge in [0.05, 0.1) is 10.8 Å². The fourth-order valence-electron chi connectivity index (χ4n) is 1.78. The molecule has 20 heavy (non-hydrogen) atoms. The van der Waals surface area contributed by atoms with E-state index in [-0.39, 0.29) is 10.8 Å². The second kappa shape index (κ2) is 6.39. The summed E-state index contributed by atoms with van der Waals surface area (Å²) in [5.74, 6) is 0.260. The van der Waals surface area contributed by atoms with E-state index in [1.807, 2.05) is 12.1 Å². The SMILES string of the molecule is CN(CCc1ccncc1)S(=O)(=O)c1c[nH]c(CCl)c1. The summed E-state index contributed by atoms with van der Waals surface area (Å²) in [6.45, 7) is 0.410. The molecule has 0 aliphatic rings. The molecule has 0 unspecified atom stereocenters. The average molecular weight is 314 g/mol. The highest BCUT2D eigenvalue weighted by Gasteiger charge is 2.21. The van der Waals surface area contributed by atoms with Crippen LogP contribution in [-0.2, 0) is 22.3 Å². The first kappa shape index (κ1) is 15.0. The van der Waals surface area contributed by atoms with E-state index in [0.29, 0.717) is 18.7 Å². The number of hydrogen-bond acceptors (Lipinski definition) is 3. The van der Waals surface area contributed by atoms with Crippen LogP contribution in [0.5, 0.6) is 0 Å². The van der Waals surface area contributed by atoms with Gasteiger partial charge in [-0.25, -0.2) is 12.7 Å². The highest BCUT2D eigenvalue weighted by molar-refractivity contribution is 7.89. The predicted molar refractivity (Wildman–Crippen MR) is 78.1 cm³/mol. The van der Waals surface area contributed by atoms with Crippen molar-refractivity contribution in [3.05, 3.63) is 48.0 Å². The molecular formula is C13H16ClN3O2S. The molecule has 0 aliphatic heterocycles. The first-order valence-electron chi connectivity index (χ1n) is 6.12. The summed E-state index contributed by atoms with van der Waals surface area (Å²) in [5.41, 5.74) is 1.74. The monoisotopic (exact) mass is 313 g/mol. The van der Waals surface area contributed by atoms with E-state index in [1.165, 1.54) is 10.5 Å². The minimum atomic E-state index is -3.47. The standard InChI is InChI=1S/C13H16ClN3O2S/c1-17(7-4-11-2-5-15-6-3-11)20(18,19)13-8-12(9-14)16-10-13/h2-3,5-6,8,10,16H,4,7,9H2,1H3. The molecule has 0 spiro atoms. The summed E-state index contributed by atoms with van der Waals surface area (Å²) in [7, 11) is -1.90. The Hall–Kier alpha value is -1.37. The van der Waals surface area contributed by atoms with Gasteiger partial charge in [0.15, 0.2) is 0 Å². The van der Waals surface area contributed by atoms with Crippen LogP contribution in [0.3, 0.4) is 0 Å².